The van der Waals surface area contributed by atoms with Gasteiger partial charge >= 0.3 is 0 Å². The summed E-state index contributed by atoms with van der Waals surface area (Å²) in [6.07, 6.45) is 1.75. The first-order valence-electron chi connectivity index (χ1n) is 9.45. The van der Waals surface area contributed by atoms with Crippen molar-refractivity contribution in [3.05, 3.63) is 45.9 Å². The smallest absolute Gasteiger partial charge is 0.255 e. The van der Waals surface area contributed by atoms with E-state index in [1.54, 1.807) is 14.0 Å². The van der Waals surface area contributed by atoms with Crippen LogP contribution in [0.15, 0.2) is 29.1 Å². The lowest BCUT2D eigenvalue weighted by Gasteiger charge is -2.32. The van der Waals surface area contributed by atoms with Crippen LogP contribution in [0.4, 0.5) is 11.6 Å². The minimum atomic E-state index is -0.111. The number of rotatable bonds is 6. The van der Waals surface area contributed by atoms with Crippen molar-refractivity contribution in [3.63, 3.8) is 0 Å². The van der Waals surface area contributed by atoms with E-state index in [2.05, 4.69) is 25.5 Å². The molecule has 0 bridgehead atoms. The number of para-hydroxylation sites is 2. The van der Waals surface area contributed by atoms with E-state index in [0.717, 1.165) is 31.6 Å². The summed E-state index contributed by atoms with van der Waals surface area (Å²) in [6.45, 7) is 5.53. The number of hydrogen-bond acceptors (Lipinski definition) is 6. The highest BCUT2D eigenvalue weighted by Gasteiger charge is 2.22. The molecule has 150 valence electrons. The van der Waals surface area contributed by atoms with Crippen molar-refractivity contribution in [1.29, 1.82) is 0 Å². The molecule has 0 aliphatic carbocycles. The Bertz CT molecular complexity index is 888. The summed E-state index contributed by atoms with van der Waals surface area (Å²) in [7, 11) is 1.58. The monoisotopic (exact) mass is 385 g/mol. The number of piperidine rings is 1. The van der Waals surface area contributed by atoms with E-state index in [1.165, 1.54) is 0 Å². The van der Waals surface area contributed by atoms with Gasteiger partial charge in [-0.1, -0.05) is 12.1 Å². The van der Waals surface area contributed by atoms with Gasteiger partial charge in [-0.05, 0) is 38.8 Å². The number of carbonyl (C=O) groups is 1. The van der Waals surface area contributed by atoms with Gasteiger partial charge in [0, 0.05) is 30.4 Å². The summed E-state index contributed by atoms with van der Waals surface area (Å²) >= 11 is 0. The molecule has 0 atom stereocenters. The zero-order valence-corrected chi connectivity index (χ0v) is 16.5. The molecule has 1 saturated heterocycles. The predicted molar refractivity (Wildman–Crippen MR) is 109 cm³/mol. The number of ether oxygens (including phenoxy) is 1. The third-order valence-corrected chi connectivity index (χ3v) is 5.07. The maximum atomic E-state index is 12.4. The van der Waals surface area contributed by atoms with Crippen LogP contribution in [0.1, 0.15) is 24.1 Å². The van der Waals surface area contributed by atoms with E-state index in [1.807, 2.05) is 31.2 Å². The Morgan fingerprint density at radius 3 is 2.68 bits per heavy atom. The molecule has 1 amide bonds. The number of aromatic nitrogens is 2. The van der Waals surface area contributed by atoms with E-state index in [4.69, 9.17) is 4.74 Å². The molecule has 3 rings (SSSR count). The van der Waals surface area contributed by atoms with Crippen LogP contribution < -0.4 is 20.9 Å². The second kappa shape index (κ2) is 8.88. The van der Waals surface area contributed by atoms with E-state index >= 15 is 0 Å². The van der Waals surface area contributed by atoms with Gasteiger partial charge < -0.3 is 15.4 Å². The number of anilines is 2. The number of likely N-dealkylation sites (tertiary alicyclic amines) is 1. The van der Waals surface area contributed by atoms with Crippen LogP contribution in [-0.2, 0) is 4.79 Å². The summed E-state index contributed by atoms with van der Waals surface area (Å²) in [6, 6.07) is 7.59. The highest BCUT2D eigenvalue weighted by Crippen LogP contribution is 2.23. The van der Waals surface area contributed by atoms with Gasteiger partial charge in [0.1, 0.15) is 5.75 Å². The zero-order valence-electron chi connectivity index (χ0n) is 16.5. The minimum absolute atomic E-state index is 0.0592. The fraction of sp³-hybridized carbons (Fsp3) is 0.450. The van der Waals surface area contributed by atoms with Gasteiger partial charge in [0.2, 0.25) is 11.9 Å². The van der Waals surface area contributed by atoms with Crippen LogP contribution in [0.25, 0.3) is 0 Å². The number of H-pyrrole nitrogens is 1. The molecule has 0 unspecified atom stereocenters. The molecule has 1 aromatic carbocycles. The second-order valence-corrected chi connectivity index (χ2v) is 7.07. The number of methoxy groups -OCH3 is 1. The largest absolute Gasteiger partial charge is 0.495 e. The molecule has 2 heterocycles. The molecule has 1 aliphatic heterocycles. The molecule has 28 heavy (non-hydrogen) atoms. The maximum absolute atomic E-state index is 12.4. The number of hydrogen-bond donors (Lipinski definition) is 3. The summed E-state index contributed by atoms with van der Waals surface area (Å²) in [5, 5.41) is 6.21. The molecule has 0 spiro atoms. The van der Waals surface area contributed by atoms with Crippen molar-refractivity contribution in [3.8, 4) is 5.75 Å². The quantitative estimate of drug-likeness (QED) is 0.703. The Morgan fingerprint density at radius 1 is 1.29 bits per heavy atom. The van der Waals surface area contributed by atoms with E-state index < -0.39 is 0 Å². The van der Waals surface area contributed by atoms with Crippen LogP contribution >= 0.6 is 0 Å². The normalized spacial score (nSPS) is 15.2. The van der Waals surface area contributed by atoms with E-state index in [-0.39, 0.29) is 17.5 Å². The Hall–Kier alpha value is -2.87. The molecule has 1 aliphatic rings. The molecule has 8 heteroatoms. The van der Waals surface area contributed by atoms with Gasteiger partial charge in [-0.3, -0.25) is 19.5 Å². The first-order chi connectivity index (χ1) is 13.5. The van der Waals surface area contributed by atoms with Crippen molar-refractivity contribution in [2.45, 2.75) is 32.7 Å². The van der Waals surface area contributed by atoms with Gasteiger partial charge in [0.15, 0.2) is 0 Å². The van der Waals surface area contributed by atoms with Crippen molar-refractivity contribution in [1.82, 2.24) is 14.9 Å². The highest BCUT2D eigenvalue weighted by molar-refractivity contribution is 5.93. The summed E-state index contributed by atoms with van der Waals surface area (Å²) in [4.78, 5) is 33.5. The topological polar surface area (TPSA) is 99.3 Å². The van der Waals surface area contributed by atoms with Gasteiger partial charge in [-0.2, -0.15) is 0 Å². The Kier molecular flexibility index (Phi) is 6.30. The highest BCUT2D eigenvalue weighted by atomic mass is 16.5. The molecule has 0 saturated carbocycles. The number of aromatic amines is 1. The number of nitrogens with one attached hydrogen (secondary N) is 3. The molecule has 0 radical (unpaired) electrons. The zero-order chi connectivity index (χ0) is 20.1. The van der Waals surface area contributed by atoms with Gasteiger partial charge in [0.05, 0.1) is 19.3 Å². The van der Waals surface area contributed by atoms with Crippen LogP contribution in [0, 0.1) is 13.8 Å². The molecule has 1 fully saturated rings. The van der Waals surface area contributed by atoms with Gasteiger partial charge in [0.25, 0.3) is 5.56 Å². The van der Waals surface area contributed by atoms with Crippen LogP contribution in [0.3, 0.4) is 0 Å². The second-order valence-electron chi connectivity index (χ2n) is 7.07. The fourth-order valence-corrected chi connectivity index (χ4v) is 3.28. The molecule has 2 aromatic rings. The molecular formula is C20H27N5O3. The van der Waals surface area contributed by atoms with Crippen molar-refractivity contribution in [2.75, 3.05) is 37.4 Å². The molecule has 8 nitrogen and oxygen atoms in total. The minimum Gasteiger partial charge on any atom is -0.495 e. The molecular weight excluding hydrogens is 358 g/mol. The van der Waals surface area contributed by atoms with Crippen molar-refractivity contribution in [2.24, 2.45) is 0 Å². The Balaban J connectivity index is 1.49. The van der Waals surface area contributed by atoms with Crippen LogP contribution in [-0.4, -0.2) is 53.6 Å². The average molecular weight is 385 g/mol. The van der Waals surface area contributed by atoms with Crippen molar-refractivity contribution >= 4 is 17.5 Å². The third-order valence-electron chi connectivity index (χ3n) is 5.07. The predicted octanol–water partition coefficient (Wildman–Crippen LogP) is 1.91. The van der Waals surface area contributed by atoms with Gasteiger partial charge in [-0.15, -0.1) is 0 Å². The third kappa shape index (κ3) is 4.89. The maximum Gasteiger partial charge on any atom is 0.255 e. The Morgan fingerprint density at radius 2 is 2.00 bits per heavy atom. The summed E-state index contributed by atoms with van der Waals surface area (Å²) in [5.41, 5.74) is 1.94. The number of amides is 1. The number of aryl methyl sites for hydroxylation is 1. The van der Waals surface area contributed by atoms with Crippen LogP contribution in [0.2, 0.25) is 0 Å². The lowest BCUT2D eigenvalue weighted by Crippen LogP contribution is -2.43. The lowest BCUT2D eigenvalue weighted by atomic mass is 10.1. The SMILES string of the molecule is COc1ccccc1NC(=O)CN1CCC(Nc2nc(C)c(C)c(=O)[nH]2)CC1. The van der Waals surface area contributed by atoms with Gasteiger partial charge in [-0.25, -0.2) is 4.98 Å². The number of benzene rings is 1. The summed E-state index contributed by atoms with van der Waals surface area (Å²) < 4.78 is 5.26. The summed E-state index contributed by atoms with van der Waals surface area (Å²) in [5.74, 6) is 1.10. The lowest BCUT2D eigenvalue weighted by molar-refractivity contribution is -0.117. The first kappa shape index (κ1) is 19.9. The first-order valence-corrected chi connectivity index (χ1v) is 9.45. The standard InChI is InChI=1S/C20H27N5O3/c1-13-14(2)21-20(24-19(13)27)22-15-8-10-25(11-9-15)12-18(26)23-16-6-4-5-7-17(16)28-3/h4-7,15H,8-12H2,1-3H3,(H,23,26)(H2,21,22,24,27). The fourth-order valence-electron chi connectivity index (χ4n) is 3.28. The Labute approximate surface area is 164 Å². The number of carbonyl (C=O) groups excluding carboxylic acids is 1. The average Bonchev–Trinajstić information content (AvgIpc) is 2.68. The van der Waals surface area contributed by atoms with Crippen LogP contribution in [0.5, 0.6) is 5.75 Å². The van der Waals surface area contributed by atoms with Crippen molar-refractivity contribution < 1.29 is 9.53 Å². The molecule has 1 aromatic heterocycles. The van der Waals surface area contributed by atoms with E-state index in [9.17, 15) is 9.59 Å². The molecule has 3 N–H and O–H groups in total. The van der Waals surface area contributed by atoms with E-state index in [0.29, 0.717) is 29.5 Å². The number of nitrogens with zero attached hydrogens (tertiary/aromatic N) is 2.